The first-order valence-electron chi connectivity index (χ1n) is 12.5. The summed E-state index contributed by atoms with van der Waals surface area (Å²) in [6, 6.07) is 23.5. The molecule has 0 fully saturated rings. The number of aromatic nitrogens is 1. The fraction of sp³-hybridized carbons (Fsp3) is 0.267. The van der Waals surface area contributed by atoms with E-state index >= 15 is 0 Å². The van der Waals surface area contributed by atoms with Crippen LogP contribution in [-0.2, 0) is 0 Å². The van der Waals surface area contributed by atoms with Crippen LogP contribution in [-0.4, -0.2) is 44.7 Å². The fourth-order valence-corrected chi connectivity index (χ4v) is 4.35. The lowest BCUT2D eigenvalue weighted by molar-refractivity contribution is 0.0955. The molecule has 37 heavy (non-hydrogen) atoms. The Morgan fingerprint density at radius 2 is 1.76 bits per heavy atom. The number of fused-ring (bicyclic) bond motifs is 1. The van der Waals surface area contributed by atoms with E-state index in [0.29, 0.717) is 29.4 Å². The van der Waals surface area contributed by atoms with Crippen molar-refractivity contribution in [1.29, 1.82) is 0 Å². The van der Waals surface area contributed by atoms with Gasteiger partial charge in [-0.1, -0.05) is 30.3 Å². The Labute approximate surface area is 218 Å². The molecule has 0 atom stereocenters. The predicted molar refractivity (Wildman–Crippen MR) is 151 cm³/mol. The Morgan fingerprint density at radius 1 is 0.946 bits per heavy atom. The number of anilines is 3. The molecule has 0 aliphatic heterocycles. The number of para-hydroxylation sites is 1. The normalized spacial score (nSPS) is 10.7. The lowest BCUT2D eigenvalue weighted by Gasteiger charge is -2.23. The molecule has 7 nitrogen and oxygen atoms in total. The zero-order valence-corrected chi connectivity index (χ0v) is 21.9. The average molecular weight is 499 g/mol. The largest absolute Gasteiger partial charge is 0.493 e. The Morgan fingerprint density at radius 3 is 2.51 bits per heavy atom. The molecule has 0 spiro atoms. The third kappa shape index (κ3) is 6.30. The molecule has 7 heteroatoms. The number of amides is 1. The van der Waals surface area contributed by atoms with Gasteiger partial charge in [0.25, 0.3) is 5.91 Å². The van der Waals surface area contributed by atoms with Crippen LogP contribution in [0, 0.1) is 6.92 Å². The molecule has 1 heterocycles. The Hall–Kier alpha value is -4.26. The van der Waals surface area contributed by atoms with Gasteiger partial charge in [-0.25, -0.2) is 4.98 Å². The first-order valence-corrected chi connectivity index (χ1v) is 12.5. The number of pyridine rings is 1. The van der Waals surface area contributed by atoms with Crippen molar-refractivity contribution in [1.82, 2.24) is 10.3 Å². The molecule has 0 aliphatic carbocycles. The molecule has 4 aromatic rings. The summed E-state index contributed by atoms with van der Waals surface area (Å²) in [4.78, 5) is 20.3. The van der Waals surface area contributed by atoms with E-state index in [2.05, 4.69) is 53.6 Å². The zero-order chi connectivity index (χ0) is 26.2. The maximum absolute atomic E-state index is 13.3. The highest BCUT2D eigenvalue weighted by Crippen LogP contribution is 2.31. The van der Waals surface area contributed by atoms with Crippen LogP contribution >= 0.6 is 0 Å². The Balaban J connectivity index is 1.47. The summed E-state index contributed by atoms with van der Waals surface area (Å²) in [5, 5.41) is 7.21. The molecular formula is C30H34N4O3. The summed E-state index contributed by atoms with van der Waals surface area (Å²) in [6.45, 7) is 6.61. The van der Waals surface area contributed by atoms with E-state index < -0.39 is 0 Å². The second kappa shape index (κ2) is 12.1. The molecule has 3 aromatic carbocycles. The topological polar surface area (TPSA) is 75.7 Å². The van der Waals surface area contributed by atoms with Gasteiger partial charge in [-0.15, -0.1) is 0 Å². The van der Waals surface area contributed by atoms with E-state index in [9.17, 15) is 4.79 Å². The van der Waals surface area contributed by atoms with Gasteiger partial charge in [0.1, 0.15) is 5.82 Å². The van der Waals surface area contributed by atoms with Crippen molar-refractivity contribution in [3.05, 3.63) is 83.9 Å². The van der Waals surface area contributed by atoms with Gasteiger partial charge in [-0.3, -0.25) is 4.79 Å². The van der Waals surface area contributed by atoms with Crippen LogP contribution in [0.1, 0.15) is 29.3 Å². The fourth-order valence-electron chi connectivity index (χ4n) is 4.35. The minimum atomic E-state index is -0.118. The van der Waals surface area contributed by atoms with Gasteiger partial charge in [0, 0.05) is 42.5 Å². The first kappa shape index (κ1) is 25.8. The number of nitrogens with one attached hydrogen (secondary N) is 2. The molecule has 2 N–H and O–H groups in total. The third-order valence-electron chi connectivity index (χ3n) is 6.26. The monoisotopic (exact) mass is 498 g/mol. The Bertz CT molecular complexity index is 1370. The number of carbonyl (C=O) groups excluding carboxylic acids is 1. The average Bonchev–Trinajstić information content (AvgIpc) is 2.92. The molecule has 0 aliphatic rings. The van der Waals surface area contributed by atoms with Gasteiger partial charge >= 0.3 is 0 Å². The number of methoxy groups -OCH3 is 2. The summed E-state index contributed by atoms with van der Waals surface area (Å²) >= 11 is 0. The van der Waals surface area contributed by atoms with Gasteiger partial charge in [-0.2, -0.15) is 0 Å². The summed E-state index contributed by atoms with van der Waals surface area (Å²) in [5.74, 6) is 1.71. The van der Waals surface area contributed by atoms with Crippen LogP contribution in [0.15, 0.2) is 72.8 Å². The molecule has 0 radical (unpaired) electrons. The minimum absolute atomic E-state index is 0.118. The van der Waals surface area contributed by atoms with Gasteiger partial charge in [0.2, 0.25) is 0 Å². The smallest absolute Gasteiger partial charge is 0.252 e. The van der Waals surface area contributed by atoms with Crippen molar-refractivity contribution in [2.45, 2.75) is 20.3 Å². The van der Waals surface area contributed by atoms with E-state index in [1.165, 1.54) is 11.3 Å². The second-order valence-electron chi connectivity index (χ2n) is 8.80. The maximum Gasteiger partial charge on any atom is 0.252 e. The highest BCUT2D eigenvalue weighted by atomic mass is 16.5. The molecule has 0 saturated heterocycles. The molecular weight excluding hydrogens is 464 g/mol. The highest BCUT2D eigenvalue weighted by molar-refractivity contribution is 6.07. The van der Waals surface area contributed by atoms with Crippen molar-refractivity contribution < 1.29 is 14.3 Å². The first-order chi connectivity index (χ1) is 18.0. The van der Waals surface area contributed by atoms with E-state index in [4.69, 9.17) is 14.5 Å². The van der Waals surface area contributed by atoms with Crippen molar-refractivity contribution in [2.24, 2.45) is 0 Å². The number of hydrogen-bond acceptors (Lipinski definition) is 6. The van der Waals surface area contributed by atoms with Crippen molar-refractivity contribution >= 4 is 34.0 Å². The van der Waals surface area contributed by atoms with Crippen LogP contribution < -0.4 is 25.0 Å². The van der Waals surface area contributed by atoms with Crippen LogP contribution in [0.3, 0.4) is 0 Å². The number of benzene rings is 3. The van der Waals surface area contributed by atoms with Crippen LogP contribution in [0.5, 0.6) is 11.5 Å². The third-order valence-corrected chi connectivity index (χ3v) is 6.26. The number of rotatable bonds is 11. The lowest BCUT2D eigenvalue weighted by Crippen LogP contribution is -2.30. The van der Waals surface area contributed by atoms with Gasteiger partial charge < -0.3 is 25.0 Å². The molecule has 4 rings (SSSR count). The highest BCUT2D eigenvalue weighted by Gasteiger charge is 2.14. The molecule has 1 aromatic heterocycles. The number of nitrogens with zero attached hydrogens (tertiary/aromatic N) is 2. The summed E-state index contributed by atoms with van der Waals surface area (Å²) in [6.07, 6.45) is 0.841. The predicted octanol–water partition coefficient (Wildman–Crippen LogP) is 5.95. The maximum atomic E-state index is 13.3. The number of hydrogen-bond donors (Lipinski definition) is 2. The minimum Gasteiger partial charge on any atom is -0.493 e. The van der Waals surface area contributed by atoms with Crippen LogP contribution in [0.25, 0.3) is 10.9 Å². The standard InChI is InChI=1S/C30H34N4O3/c1-5-34(23-11-8-10-21(2)18-23)17-9-16-31-30(35)25-20-29(33-26-13-7-6-12-24(25)26)32-22-14-15-27(36-3)28(19-22)37-4/h6-8,10-15,18-20H,5,9,16-17H2,1-4H3,(H,31,35)(H,32,33). The lowest BCUT2D eigenvalue weighted by atomic mass is 10.1. The zero-order valence-electron chi connectivity index (χ0n) is 21.9. The molecule has 192 valence electrons. The summed E-state index contributed by atoms with van der Waals surface area (Å²) < 4.78 is 10.7. The van der Waals surface area contributed by atoms with E-state index in [1.807, 2.05) is 42.5 Å². The number of carbonyl (C=O) groups is 1. The molecule has 0 unspecified atom stereocenters. The number of aryl methyl sites for hydroxylation is 1. The quantitative estimate of drug-likeness (QED) is 0.249. The second-order valence-corrected chi connectivity index (χ2v) is 8.80. The van der Waals surface area contributed by atoms with Crippen LogP contribution in [0.4, 0.5) is 17.2 Å². The van der Waals surface area contributed by atoms with Crippen LogP contribution in [0.2, 0.25) is 0 Å². The SMILES string of the molecule is CCN(CCCNC(=O)c1cc(Nc2ccc(OC)c(OC)c2)nc2ccccc12)c1cccc(C)c1. The van der Waals surface area contributed by atoms with Crippen molar-refractivity contribution in [3.8, 4) is 11.5 Å². The van der Waals surface area contributed by atoms with Crippen molar-refractivity contribution in [3.63, 3.8) is 0 Å². The molecule has 1 amide bonds. The van der Waals surface area contributed by atoms with E-state index in [1.54, 1.807) is 20.3 Å². The molecule has 0 saturated carbocycles. The summed E-state index contributed by atoms with van der Waals surface area (Å²) in [5.41, 5.74) is 4.56. The van der Waals surface area contributed by atoms with Gasteiger partial charge in [-0.05, 0) is 62.2 Å². The van der Waals surface area contributed by atoms with Gasteiger partial charge in [0.15, 0.2) is 11.5 Å². The van der Waals surface area contributed by atoms with E-state index in [-0.39, 0.29) is 5.91 Å². The van der Waals surface area contributed by atoms with E-state index in [0.717, 1.165) is 36.1 Å². The Kier molecular flexibility index (Phi) is 8.46. The number of ether oxygens (including phenoxy) is 2. The van der Waals surface area contributed by atoms with Crippen molar-refractivity contribution in [2.75, 3.05) is 44.1 Å². The molecule has 0 bridgehead atoms. The van der Waals surface area contributed by atoms with Gasteiger partial charge in [0.05, 0.1) is 25.3 Å². The summed E-state index contributed by atoms with van der Waals surface area (Å²) in [7, 11) is 3.20.